The van der Waals surface area contributed by atoms with Gasteiger partial charge in [0.2, 0.25) is 0 Å². The van der Waals surface area contributed by atoms with Crippen molar-refractivity contribution >= 4 is 0 Å². The fourth-order valence-corrected chi connectivity index (χ4v) is 4.22. The second kappa shape index (κ2) is 9.05. The molecule has 1 saturated heterocycles. The van der Waals surface area contributed by atoms with E-state index in [-0.39, 0.29) is 17.5 Å². The molecule has 0 aromatic heterocycles. The third-order valence-corrected chi connectivity index (χ3v) is 5.90. The first-order valence-corrected chi connectivity index (χ1v) is 10.5. The van der Waals surface area contributed by atoms with Gasteiger partial charge in [-0.2, -0.15) is 0 Å². The van der Waals surface area contributed by atoms with E-state index in [9.17, 15) is 13.2 Å². The minimum atomic E-state index is -0.875. The predicted molar refractivity (Wildman–Crippen MR) is 114 cm³/mol. The van der Waals surface area contributed by atoms with Gasteiger partial charge in [-0.05, 0) is 54.0 Å². The molecule has 0 spiro atoms. The monoisotopic (exact) mass is 410 g/mol. The first-order valence-electron chi connectivity index (χ1n) is 10.5. The van der Waals surface area contributed by atoms with Crippen LogP contribution in [0.5, 0.6) is 0 Å². The molecule has 3 aromatic carbocycles. The van der Waals surface area contributed by atoms with Gasteiger partial charge in [0.1, 0.15) is 5.82 Å². The number of hydrogen-bond acceptors (Lipinski definition) is 1. The molecule has 3 aromatic rings. The molecule has 156 valence electrons. The fourth-order valence-electron chi connectivity index (χ4n) is 4.22. The van der Waals surface area contributed by atoms with Crippen LogP contribution in [-0.2, 0) is 4.74 Å². The normalized spacial score (nSPS) is 19.1. The van der Waals surface area contributed by atoms with Crippen molar-refractivity contribution in [1.82, 2.24) is 0 Å². The van der Waals surface area contributed by atoms with Crippen molar-refractivity contribution < 1.29 is 17.9 Å². The summed E-state index contributed by atoms with van der Waals surface area (Å²) in [6.45, 7) is 2.86. The van der Waals surface area contributed by atoms with E-state index < -0.39 is 11.6 Å². The quantitative estimate of drug-likeness (QED) is 0.419. The molecule has 2 atom stereocenters. The molecule has 1 fully saturated rings. The van der Waals surface area contributed by atoms with E-state index in [2.05, 4.69) is 6.92 Å². The Morgan fingerprint density at radius 3 is 2.23 bits per heavy atom. The molecule has 2 unspecified atom stereocenters. The molecule has 0 radical (unpaired) electrons. The van der Waals surface area contributed by atoms with E-state index in [1.54, 1.807) is 30.3 Å². The number of halogens is 3. The molecular weight excluding hydrogens is 385 g/mol. The summed E-state index contributed by atoms with van der Waals surface area (Å²) in [4.78, 5) is 0. The van der Waals surface area contributed by atoms with Gasteiger partial charge in [-0.25, -0.2) is 13.2 Å². The summed E-state index contributed by atoms with van der Waals surface area (Å²) in [6.07, 6.45) is 4.02. The number of ether oxygens (including phenoxy) is 1. The lowest BCUT2D eigenvalue weighted by atomic mass is 9.91. The Labute approximate surface area is 175 Å². The summed E-state index contributed by atoms with van der Waals surface area (Å²) in [5, 5.41) is 0. The molecule has 0 aliphatic carbocycles. The Morgan fingerprint density at radius 1 is 0.833 bits per heavy atom. The van der Waals surface area contributed by atoms with Crippen LogP contribution in [0.15, 0.2) is 60.7 Å². The summed E-state index contributed by atoms with van der Waals surface area (Å²) < 4.78 is 48.3. The van der Waals surface area contributed by atoms with Gasteiger partial charge in [-0.1, -0.05) is 61.9 Å². The lowest BCUT2D eigenvalue weighted by molar-refractivity contribution is -0.0211. The summed E-state index contributed by atoms with van der Waals surface area (Å²) in [7, 11) is 0. The van der Waals surface area contributed by atoms with E-state index in [1.165, 1.54) is 18.2 Å². The molecule has 1 heterocycles. The number of rotatable bonds is 5. The van der Waals surface area contributed by atoms with E-state index >= 15 is 0 Å². The lowest BCUT2D eigenvalue weighted by Crippen LogP contribution is -2.21. The van der Waals surface area contributed by atoms with Gasteiger partial charge in [0.05, 0.1) is 12.7 Å². The smallest absolute Gasteiger partial charge is 0.166 e. The van der Waals surface area contributed by atoms with Gasteiger partial charge in [0.25, 0.3) is 0 Å². The maximum Gasteiger partial charge on any atom is 0.166 e. The van der Waals surface area contributed by atoms with Gasteiger partial charge in [-0.3, -0.25) is 0 Å². The lowest BCUT2D eigenvalue weighted by Gasteiger charge is -2.29. The topological polar surface area (TPSA) is 9.23 Å². The molecule has 0 N–H and O–H groups in total. The Morgan fingerprint density at radius 2 is 1.57 bits per heavy atom. The highest BCUT2D eigenvalue weighted by molar-refractivity contribution is 5.71. The number of hydrogen-bond donors (Lipinski definition) is 0. The third kappa shape index (κ3) is 4.29. The Hall–Kier alpha value is -2.59. The molecule has 4 heteroatoms. The van der Waals surface area contributed by atoms with Crippen LogP contribution in [-0.4, -0.2) is 6.61 Å². The summed E-state index contributed by atoms with van der Waals surface area (Å²) in [5.41, 5.74) is 2.94. The molecule has 0 saturated carbocycles. The van der Waals surface area contributed by atoms with Gasteiger partial charge in [-0.15, -0.1) is 0 Å². The van der Waals surface area contributed by atoms with E-state index in [0.717, 1.165) is 42.9 Å². The van der Waals surface area contributed by atoms with Crippen LogP contribution in [0.4, 0.5) is 13.2 Å². The molecule has 0 bridgehead atoms. The molecular formula is C26H25F3O. The van der Waals surface area contributed by atoms with Gasteiger partial charge in [0.15, 0.2) is 11.6 Å². The van der Waals surface area contributed by atoms with Gasteiger partial charge in [0, 0.05) is 11.1 Å². The molecule has 1 nitrogen and oxygen atoms in total. The molecule has 1 aliphatic rings. The van der Waals surface area contributed by atoms with E-state index in [0.29, 0.717) is 23.7 Å². The Bertz CT molecular complexity index is 1010. The SMILES string of the molecule is CCCC1CCC(c2ccc(-c3ccc(-c4cccc(F)c4F)cc3)cc2F)OC1. The van der Waals surface area contributed by atoms with Crippen molar-refractivity contribution in [3.05, 3.63) is 83.7 Å². The summed E-state index contributed by atoms with van der Waals surface area (Å²) >= 11 is 0. The van der Waals surface area contributed by atoms with Crippen molar-refractivity contribution in [3.8, 4) is 22.3 Å². The molecule has 4 rings (SSSR count). The molecule has 1 aliphatic heterocycles. The van der Waals surface area contributed by atoms with Crippen LogP contribution < -0.4 is 0 Å². The molecule has 30 heavy (non-hydrogen) atoms. The summed E-state index contributed by atoms with van der Waals surface area (Å²) in [6, 6.07) is 16.3. The zero-order chi connectivity index (χ0) is 21.1. The zero-order valence-corrected chi connectivity index (χ0v) is 17.0. The second-order valence-corrected chi connectivity index (χ2v) is 7.97. The van der Waals surface area contributed by atoms with Crippen molar-refractivity contribution in [1.29, 1.82) is 0 Å². The van der Waals surface area contributed by atoms with Gasteiger partial charge >= 0.3 is 0 Å². The first kappa shape index (κ1) is 20.7. The van der Waals surface area contributed by atoms with Crippen LogP contribution in [0.25, 0.3) is 22.3 Å². The molecule has 0 amide bonds. The standard InChI is InChI=1S/C26H25F3O/c1-2-4-17-7-14-25(30-16-17)22-13-12-20(15-24(22)28)18-8-10-19(11-9-18)21-5-3-6-23(27)26(21)29/h3,5-6,8-13,15,17,25H,2,4,7,14,16H2,1H3. The minimum absolute atomic E-state index is 0.189. The first-order chi connectivity index (χ1) is 14.6. The van der Waals surface area contributed by atoms with Crippen molar-refractivity contribution in [2.24, 2.45) is 5.92 Å². The highest BCUT2D eigenvalue weighted by Gasteiger charge is 2.24. The van der Waals surface area contributed by atoms with Crippen molar-refractivity contribution in [3.63, 3.8) is 0 Å². The highest BCUT2D eigenvalue weighted by Crippen LogP contribution is 2.35. The highest BCUT2D eigenvalue weighted by atomic mass is 19.2. The Balaban J connectivity index is 1.51. The van der Waals surface area contributed by atoms with E-state index in [1.807, 2.05) is 6.07 Å². The van der Waals surface area contributed by atoms with Crippen LogP contribution in [0.2, 0.25) is 0 Å². The third-order valence-electron chi connectivity index (χ3n) is 5.90. The maximum absolute atomic E-state index is 14.8. The van der Waals surface area contributed by atoms with Gasteiger partial charge < -0.3 is 4.74 Å². The zero-order valence-electron chi connectivity index (χ0n) is 17.0. The number of benzene rings is 3. The van der Waals surface area contributed by atoms with Crippen LogP contribution in [0.1, 0.15) is 44.3 Å². The minimum Gasteiger partial charge on any atom is -0.373 e. The van der Waals surface area contributed by atoms with Crippen LogP contribution >= 0.6 is 0 Å². The average Bonchev–Trinajstić information content (AvgIpc) is 2.77. The summed E-state index contributed by atoms with van der Waals surface area (Å²) in [5.74, 6) is -1.43. The van der Waals surface area contributed by atoms with Crippen LogP contribution in [0.3, 0.4) is 0 Å². The van der Waals surface area contributed by atoms with Crippen molar-refractivity contribution in [2.75, 3.05) is 6.61 Å². The van der Waals surface area contributed by atoms with E-state index in [4.69, 9.17) is 4.74 Å². The average molecular weight is 410 g/mol. The Kier molecular flexibility index (Phi) is 6.24. The van der Waals surface area contributed by atoms with Crippen molar-refractivity contribution in [2.45, 2.75) is 38.7 Å². The maximum atomic E-state index is 14.8. The van der Waals surface area contributed by atoms with Crippen LogP contribution in [0, 0.1) is 23.4 Å². The largest absolute Gasteiger partial charge is 0.373 e. The predicted octanol–water partition coefficient (Wildman–Crippen LogP) is 7.71. The fraction of sp³-hybridized carbons (Fsp3) is 0.308. The second-order valence-electron chi connectivity index (χ2n) is 7.97.